The molecule has 0 fully saturated rings. The summed E-state index contributed by atoms with van der Waals surface area (Å²) in [7, 11) is 0. The Bertz CT molecular complexity index is 745. The van der Waals surface area contributed by atoms with Gasteiger partial charge in [-0.15, -0.1) is 0 Å². The van der Waals surface area contributed by atoms with Gasteiger partial charge in [-0.25, -0.2) is 0 Å². The van der Waals surface area contributed by atoms with Gasteiger partial charge in [0.05, 0.1) is 12.1 Å². The summed E-state index contributed by atoms with van der Waals surface area (Å²) in [6.07, 6.45) is 3.54. The molecule has 0 aliphatic carbocycles. The van der Waals surface area contributed by atoms with Crippen LogP contribution in [0, 0.1) is 0 Å². The van der Waals surface area contributed by atoms with Crippen molar-refractivity contribution < 1.29 is 14.7 Å². The number of Topliss-reactive ketones (excluding diaryl/α,β-unsaturated/α-hetero) is 1. The van der Waals surface area contributed by atoms with E-state index < -0.39 is 11.5 Å². The van der Waals surface area contributed by atoms with Crippen molar-refractivity contribution in [2.75, 3.05) is 11.4 Å². The summed E-state index contributed by atoms with van der Waals surface area (Å²) in [5, 5.41) is 11.0. The van der Waals surface area contributed by atoms with Gasteiger partial charge >= 0.3 is 0 Å². The second-order valence-corrected chi connectivity index (χ2v) is 5.67. The van der Waals surface area contributed by atoms with Crippen LogP contribution in [0.1, 0.15) is 35.7 Å². The molecule has 1 aromatic carbocycles. The molecule has 1 aromatic heterocycles. The number of carbonyl (C=O) groups excluding carboxylic acids is 2. The number of benzene rings is 1. The maximum Gasteiger partial charge on any atom is 0.264 e. The summed E-state index contributed by atoms with van der Waals surface area (Å²) in [5.41, 5.74) is -0.176. The van der Waals surface area contributed by atoms with Crippen LogP contribution in [0.5, 0.6) is 0 Å². The molecule has 0 bridgehead atoms. The summed E-state index contributed by atoms with van der Waals surface area (Å²) in [6.45, 7) is 2.48. The van der Waals surface area contributed by atoms with E-state index >= 15 is 0 Å². The molecule has 1 atom stereocenters. The molecule has 0 radical (unpaired) electrons. The number of aromatic nitrogens is 1. The van der Waals surface area contributed by atoms with Crippen molar-refractivity contribution in [2.45, 2.75) is 25.4 Å². The first-order valence-corrected chi connectivity index (χ1v) is 7.65. The van der Waals surface area contributed by atoms with E-state index in [0.717, 1.165) is 6.42 Å². The highest BCUT2D eigenvalue weighted by Crippen LogP contribution is 2.42. The van der Waals surface area contributed by atoms with E-state index in [1.54, 1.807) is 35.2 Å². The number of hydrogen-bond donors (Lipinski definition) is 1. The van der Waals surface area contributed by atoms with E-state index in [1.807, 2.05) is 13.0 Å². The van der Waals surface area contributed by atoms with Crippen molar-refractivity contribution in [2.24, 2.45) is 0 Å². The minimum Gasteiger partial charge on any atom is -0.375 e. The van der Waals surface area contributed by atoms with Gasteiger partial charge < -0.3 is 10.0 Å². The molecule has 2 heterocycles. The molecule has 1 amide bonds. The zero-order chi connectivity index (χ0) is 16.4. The SMILES string of the molecule is CCCN1C(=O)C(O)(CC(=O)c2ccncc2)c2ccccc21. The molecule has 5 nitrogen and oxygen atoms in total. The monoisotopic (exact) mass is 310 g/mol. The molecule has 1 aliphatic heterocycles. The molecule has 23 heavy (non-hydrogen) atoms. The predicted octanol–water partition coefficient (Wildman–Crippen LogP) is 2.30. The van der Waals surface area contributed by atoms with Crippen molar-refractivity contribution in [3.63, 3.8) is 0 Å². The zero-order valence-electron chi connectivity index (χ0n) is 12.9. The number of fused-ring (bicyclic) bond motifs is 1. The van der Waals surface area contributed by atoms with Gasteiger partial charge in [0.1, 0.15) is 0 Å². The average molecular weight is 310 g/mol. The molecule has 0 spiro atoms. The van der Waals surface area contributed by atoms with Crippen molar-refractivity contribution in [1.29, 1.82) is 0 Å². The molecule has 0 saturated carbocycles. The van der Waals surface area contributed by atoms with E-state index in [-0.39, 0.29) is 12.2 Å². The summed E-state index contributed by atoms with van der Waals surface area (Å²) < 4.78 is 0. The van der Waals surface area contributed by atoms with Gasteiger partial charge in [-0.2, -0.15) is 0 Å². The molecule has 118 valence electrons. The summed E-state index contributed by atoms with van der Waals surface area (Å²) >= 11 is 0. The quantitative estimate of drug-likeness (QED) is 0.860. The second-order valence-electron chi connectivity index (χ2n) is 5.67. The highest BCUT2D eigenvalue weighted by Gasteiger charge is 2.50. The lowest BCUT2D eigenvalue weighted by molar-refractivity contribution is -0.135. The molecular formula is C18H18N2O3. The Hall–Kier alpha value is -2.53. The van der Waals surface area contributed by atoms with Crippen molar-refractivity contribution in [1.82, 2.24) is 4.98 Å². The van der Waals surface area contributed by atoms with Gasteiger partial charge in [-0.3, -0.25) is 14.6 Å². The van der Waals surface area contributed by atoms with Gasteiger partial charge in [0, 0.05) is 30.1 Å². The Morgan fingerprint density at radius 2 is 1.91 bits per heavy atom. The maximum atomic E-state index is 12.8. The minimum atomic E-state index is -1.80. The fraction of sp³-hybridized carbons (Fsp3) is 0.278. The largest absolute Gasteiger partial charge is 0.375 e. The van der Waals surface area contributed by atoms with E-state index in [0.29, 0.717) is 23.4 Å². The van der Waals surface area contributed by atoms with Crippen LogP contribution < -0.4 is 4.90 Å². The summed E-state index contributed by atoms with van der Waals surface area (Å²) in [4.78, 5) is 30.7. The Balaban J connectivity index is 1.97. The molecule has 0 saturated heterocycles. The molecule has 5 heteroatoms. The third kappa shape index (κ3) is 2.53. The molecule has 3 rings (SSSR count). The summed E-state index contributed by atoms with van der Waals surface area (Å²) in [5.74, 6) is -0.709. The van der Waals surface area contributed by atoms with Crippen molar-refractivity contribution in [3.05, 3.63) is 59.9 Å². The van der Waals surface area contributed by atoms with Gasteiger partial charge in [-0.05, 0) is 24.6 Å². The first kappa shape index (κ1) is 15.4. The Kier molecular flexibility index (Phi) is 3.96. The van der Waals surface area contributed by atoms with Gasteiger partial charge in [0.25, 0.3) is 5.91 Å². The number of aliphatic hydroxyl groups is 1. The highest BCUT2D eigenvalue weighted by molar-refractivity contribution is 6.10. The highest BCUT2D eigenvalue weighted by atomic mass is 16.3. The number of hydrogen-bond acceptors (Lipinski definition) is 4. The Morgan fingerprint density at radius 3 is 2.61 bits per heavy atom. The van der Waals surface area contributed by atoms with Gasteiger partial charge in [0.2, 0.25) is 0 Å². The Morgan fingerprint density at radius 1 is 1.22 bits per heavy atom. The number of pyridine rings is 1. The van der Waals surface area contributed by atoms with Crippen LogP contribution >= 0.6 is 0 Å². The third-order valence-electron chi connectivity index (χ3n) is 4.11. The van der Waals surface area contributed by atoms with Crippen LogP contribution in [-0.4, -0.2) is 28.3 Å². The number of rotatable bonds is 5. The van der Waals surface area contributed by atoms with E-state index in [1.165, 1.54) is 12.4 Å². The average Bonchev–Trinajstić information content (AvgIpc) is 2.78. The van der Waals surface area contributed by atoms with Crippen LogP contribution in [0.3, 0.4) is 0 Å². The first-order valence-electron chi connectivity index (χ1n) is 7.65. The second kappa shape index (κ2) is 5.93. The fourth-order valence-corrected chi connectivity index (χ4v) is 3.00. The number of anilines is 1. The molecule has 1 aliphatic rings. The lowest BCUT2D eigenvalue weighted by atomic mass is 9.88. The van der Waals surface area contributed by atoms with E-state index in [9.17, 15) is 14.7 Å². The van der Waals surface area contributed by atoms with Crippen LogP contribution in [-0.2, 0) is 10.4 Å². The topological polar surface area (TPSA) is 70.5 Å². The molecule has 1 unspecified atom stereocenters. The van der Waals surface area contributed by atoms with Crippen LogP contribution in [0.25, 0.3) is 0 Å². The molecule has 1 N–H and O–H groups in total. The van der Waals surface area contributed by atoms with Crippen LogP contribution in [0.2, 0.25) is 0 Å². The zero-order valence-corrected chi connectivity index (χ0v) is 12.9. The van der Waals surface area contributed by atoms with Crippen molar-refractivity contribution >= 4 is 17.4 Å². The Labute approximate surface area is 134 Å². The minimum absolute atomic E-state index is 0.271. The first-order chi connectivity index (χ1) is 11.1. The number of para-hydroxylation sites is 1. The number of amides is 1. The van der Waals surface area contributed by atoms with Crippen LogP contribution in [0.15, 0.2) is 48.8 Å². The standard InChI is InChI=1S/C18H18N2O3/c1-2-11-20-15-6-4-3-5-14(15)18(23,17(20)22)12-16(21)13-7-9-19-10-8-13/h3-10,23H,2,11-12H2,1H3. The smallest absolute Gasteiger partial charge is 0.264 e. The normalized spacial score (nSPS) is 19.7. The van der Waals surface area contributed by atoms with E-state index in [2.05, 4.69) is 4.98 Å². The predicted molar refractivity (Wildman–Crippen MR) is 86.2 cm³/mol. The third-order valence-corrected chi connectivity index (χ3v) is 4.11. The van der Waals surface area contributed by atoms with E-state index in [4.69, 9.17) is 0 Å². The van der Waals surface area contributed by atoms with Gasteiger partial charge in [-0.1, -0.05) is 25.1 Å². The van der Waals surface area contributed by atoms with Crippen LogP contribution in [0.4, 0.5) is 5.69 Å². The van der Waals surface area contributed by atoms with Crippen molar-refractivity contribution in [3.8, 4) is 0 Å². The van der Waals surface area contributed by atoms with Gasteiger partial charge in [0.15, 0.2) is 11.4 Å². The lowest BCUT2D eigenvalue weighted by Crippen LogP contribution is -2.42. The maximum absolute atomic E-state index is 12.8. The number of nitrogens with zero attached hydrogens (tertiary/aromatic N) is 2. The lowest BCUT2D eigenvalue weighted by Gasteiger charge is -2.22. The molecule has 2 aromatic rings. The number of ketones is 1. The summed E-state index contributed by atoms with van der Waals surface area (Å²) in [6, 6.07) is 10.3. The fourth-order valence-electron chi connectivity index (χ4n) is 3.00. The number of carbonyl (C=O) groups is 2. The molecular weight excluding hydrogens is 292 g/mol.